The lowest BCUT2D eigenvalue weighted by Crippen LogP contribution is -2.02. The molecule has 6 nitrogen and oxygen atoms in total. The maximum absolute atomic E-state index is 11.1. The van der Waals surface area contributed by atoms with Gasteiger partial charge in [0.25, 0.3) is 0 Å². The molecule has 0 aromatic heterocycles. The monoisotopic (exact) mass is 436 g/mol. The lowest BCUT2D eigenvalue weighted by atomic mass is 10.2. The number of benzene rings is 2. The summed E-state index contributed by atoms with van der Waals surface area (Å²) in [4.78, 5) is 22.1. The standard InChI is InChI=1S/C8H7ClO4S.C8H7ClO2S/c1-14(12,13)5-2-3-7(9)6(4-5)8(10)11;1-12-5-2-3-7(9)6(4-5)8(10)11/h2-4H,1H3,(H,10,11);2-4H,1H3,(H,10,11). The zero-order valence-corrected chi connectivity index (χ0v) is 16.7. The van der Waals surface area contributed by atoms with Crippen LogP contribution in [0.4, 0.5) is 0 Å². The van der Waals surface area contributed by atoms with E-state index in [1.165, 1.54) is 23.9 Å². The number of rotatable bonds is 4. The Morgan fingerprint density at radius 2 is 1.38 bits per heavy atom. The number of thioether (sulfide) groups is 1. The van der Waals surface area contributed by atoms with Crippen LogP contribution < -0.4 is 0 Å². The largest absolute Gasteiger partial charge is 0.478 e. The Bertz CT molecular complexity index is 942. The molecule has 0 spiro atoms. The third-order valence-corrected chi connectivity index (χ3v) is 5.50. The molecule has 0 saturated carbocycles. The highest BCUT2D eigenvalue weighted by atomic mass is 35.5. The highest BCUT2D eigenvalue weighted by Crippen LogP contribution is 2.23. The molecular formula is C16H14Cl2O6S2. The highest BCUT2D eigenvalue weighted by molar-refractivity contribution is 7.98. The minimum Gasteiger partial charge on any atom is -0.478 e. The first-order valence-corrected chi connectivity index (χ1v) is 10.6. The van der Waals surface area contributed by atoms with Crippen molar-refractivity contribution in [1.29, 1.82) is 0 Å². The first kappa shape index (κ1) is 22.3. The van der Waals surface area contributed by atoms with Crippen molar-refractivity contribution in [2.75, 3.05) is 12.5 Å². The molecule has 0 heterocycles. The molecule has 10 heteroatoms. The topological polar surface area (TPSA) is 109 Å². The lowest BCUT2D eigenvalue weighted by Gasteiger charge is -2.01. The van der Waals surface area contributed by atoms with Crippen molar-refractivity contribution in [1.82, 2.24) is 0 Å². The van der Waals surface area contributed by atoms with E-state index in [2.05, 4.69) is 0 Å². The Morgan fingerprint density at radius 1 is 0.923 bits per heavy atom. The van der Waals surface area contributed by atoms with Gasteiger partial charge in [0.2, 0.25) is 0 Å². The molecule has 0 aliphatic carbocycles. The molecule has 2 aromatic rings. The number of hydrogen-bond donors (Lipinski definition) is 2. The van der Waals surface area contributed by atoms with Crippen LogP contribution in [0.25, 0.3) is 0 Å². The van der Waals surface area contributed by atoms with E-state index in [4.69, 9.17) is 33.4 Å². The Labute approximate surface area is 164 Å². The van der Waals surface area contributed by atoms with Crippen molar-refractivity contribution < 1.29 is 28.2 Å². The summed E-state index contributed by atoms with van der Waals surface area (Å²) in [6.07, 6.45) is 2.89. The van der Waals surface area contributed by atoms with Crippen molar-refractivity contribution in [2.24, 2.45) is 0 Å². The van der Waals surface area contributed by atoms with Crippen LogP contribution in [0.2, 0.25) is 10.0 Å². The van der Waals surface area contributed by atoms with Crippen LogP contribution in [0.5, 0.6) is 0 Å². The van der Waals surface area contributed by atoms with Crippen molar-refractivity contribution in [3.63, 3.8) is 0 Å². The first-order chi connectivity index (χ1) is 12.0. The van der Waals surface area contributed by atoms with Gasteiger partial charge in [-0.15, -0.1) is 11.8 Å². The Kier molecular flexibility index (Phi) is 7.95. The summed E-state index contributed by atoms with van der Waals surface area (Å²) in [6, 6.07) is 8.51. The van der Waals surface area contributed by atoms with Crippen LogP contribution in [0.3, 0.4) is 0 Å². The number of hydrogen-bond acceptors (Lipinski definition) is 5. The quantitative estimate of drug-likeness (QED) is 0.690. The number of carbonyl (C=O) groups is 2. The van der Waals surface area contributed by atoms with E-state index in [1.807, 2.05) is 6.26 Å². The zero-order valence-electron chi connectivity index (χ0n) is 13.6. The summed E-state index contributed by atoms with van der Waals surface area (Å²) in [7, 11) is -3.40. The number of sulfone groups is 1. The van der Waals surface area contributed by atoms with E-state index >= 15 is 0 Å². The summed E-state index contributed by atoms with van der Waals surface area (Å²) in [5, 5.41) is 17.7. The molecule has 0 aliphatic rings. The molecule has 140 valence electrons. The smallest absolute Gasteiger partial charge is 0.337 e. The molecule has 0 fully saturated rings. The van der Waals surface area contributed by atoms with Gasteiger partial charge in [-0.05, 0) is 42.7 Å². The predicted molar refractivity (Wildman–Crippen MR) is 102 cm³/mol. The summed E-state index contributed by atoms with van der Waals surface area (Å²) in [6.45, 7) is 0. The van der Waals surface area contributed by atoms with E-state index in [9.17, 15) is 18.0 Å². The van der Waals surface area contributed by atoms with E-state index in [1.54, 1.807) is 18.2 Å². The normalized spacial score (nSPS) is 10.6. The third-order valence-electron chi connectivity index (χ3n) is 3.00. The number of aromatic carboxylic acids is 2. The molecule has 0 radical (unpaired) electrons. The molecule has 0 atom stereocenters. The van der Waals surface area contributed by atoms with E-state index in [-0.39, 0.29) is 26.1 Å². The van der Waals surface area contributed by atoms with Crippen LogP contribution >= 0.6 is 35.0 Å². The first-order valence-electron chi connectivity index (χ1n) is 6.77. The minimum absolute atomic E-state index is 0.0184. The van der Waals surface area contributed by atoms with Crippen molar-refractivity contribution >= 4 is 56.7 Å². The summed E-state index contributed by atoms with van der Waals surface area (Å²) < 4.78 is 22.2. The second kappa shape index (κ2) is 9.27. The fraction of sp³-hybridized carbons (Fsp3) is 0.125. The number of carboxylic acid groups (broad SMARTS) is 2. The van der Waals surface area contributed by atoms with Gasteiger partial charge in [-0.25, -0.2) is 18.0 Å². The zero-order chi connectivity index (χ0) is 20.1. The summed E-state index contributed by atoms with van der Waals surface area (Å²) in [5.41, 5.74) is -0.0573. The maximum Gasteiger partial charge on any atom is 0.337 e. The Hall–Kier alpha value is -1.74. The second-order valence-corrected chi connectivity index (χ2v) is 8.58. The fourth-order valence-corrected chi connectivity index (χ4v) is 3.18. The highest BCUT2D eigenvalue weighted by Gasteiger charge is 2.14. The summed E-state index contributed by atoms with van der Waals surface area (Å²) >= 11 is 12.7. The average Bonchev–Trinajstić information content (AvgIpc) is 2.54. The van der Waals surface area contributed by atoms with E-state index < -0.39 is 21.8 Å². The summed E-state index contributed by atoms with van der Waals surface area (Å²) in [5.74, 6) is -2.24. The van der Waals surface area contributed by atoms with Crippen molar-refractivity contribution in [2.45, 2.75) is 9.79 Å². The van der Waals surface area contributed by atoms with Gasteiger partial charge in [-0.3, -0.25) is 0 Å². The van der Waals surface area contributed by atoms with Gasteiger partial charge in [-0.2, -0.15) is 0 Å². The van der Waals surface area contributed by atoms with Crippen LogP contribution in [0.1, 0.15) is 20.7 Å². The molecule has 2 rings (SSSR count). The lowest BCUT2D eigenvalue weighted by molar-refractivity contribution is 0.0686. The number of carboxylic acids is 2. The fourth-order valence-electron chi connectivity index (χ4n) is 1.69. The van der Waals surface area contributed by atoms with Gasteiger partial charge in [-0.1, -0.05) is 23.2 Å². The Morgan fingerprint density at radius 3 is 1.81 bits per heavy atom. The average molecular weight is 437 g/mol. The van der Waals surface area contributed by atoms with Gasteiger partial charge in [0.1, 0.15) is 0 Å². The molecule has 2 aromatic carbocycles. The van der Waals surface area contributed by atoms with Gasteiger partial charge in [0, 0.05) is 11.2 Å². The van der Waals surface area contributed by atoms with Gasteiger partial charge >= 0.3 is 11.9 Å². The third kappa shape index (κ3) is 6.21. The molecule has 0 amide bonds. The SMILES string of the molecule is CS(=O)(=O)c1ccc(Cl)c(C(=O)O)c1.CSc1ccc(Cl)c(C(=O)O)c1. The van der Waals surface area contributed by atoms with Crippen LogP contribution in [-0.4, -0.2) is 43.1 Å². The van der Waals surface area contributed by atoms with Gasteiger partial charge in [0.15, 0.2) is 9.84 Å². The molecule has 2 N–H and O–H groups in total. The van der Waals surface area contributed by atoms with E-state index in [0.717, 1.165) is 17.2 Å². The van der Waals surface area contributed by atoms with E-state index in [0.29, 0.717) is 0 Å². The van der Waals surface area contributed by atoms with Crippen LogP contribution in [-0.2, 0) is 9.84 Å². The molecule has 26 heavy (non-hydrogen) atoms. The van der Waals surface area contributed by atoms with Gasteiger partial charge < -0.3 is 10.2 Å². The second-order valence-electron chi connectivity index (χ2n) is 4.87. The number of halogens is 2. The predicted octanol–water partition coefficient (Wildman–Crippen LogP) is 4.20. The minimum atomic E-state index is -3.40. The molecule has 0 bridgehead atoms. The Balaban J connectivity index is 0.000000263. The van der Waals surface area contributed by atoms with Crippen molar-refractivity contribution in [3.8, 4) is 0 Å². The van der Waals surface area contributed by atoms with Crippen LogP contribution in [0.15, 0.2) is 46.2 Å². The molecule has 0 saturated heterocycles. The van der Waals surface area contributed by atoms with Crippen molar-refractivity contribution in [3.05, 3.63) is 57.6 Å². The molecule has 0 aliphatic heterocycles. The molecule has 0 unspecified atom stereocenters. The van der Waals surface area contributed by atoms with Gasteiger partial charge in [0.05, 0.1) is 26.1 Å². The molecular weight excluding hydrogens is 423 g/mol. The van der Waals surface area contributed by atoms with Crippen LogP contribution in [0, 0.1) is 0 Å². The maximum atomic E-state index is 11.1.